The van der Waals surface area contributed by atoms with Crippen LogP contribution >= 0.6 is 0 Å². The average Bonchev–Trinajstić information content (AvgIpc) is 3.17. The Morgan fingerprint density at radius 3 is 3.00 bits per heavy atom. The number of nitrogens with one attached hydrogen (secondary N) is 1. The fourth-order valence-corrected chi connectivity index (χ4v) is 2.88. The van der Waals surface area contributed by atoms with E-state index in [1.807, 2.05) is 0 Å². The van der Waals surface area contributed by atoms with Gasteiger partial charge in [0.05, 0.1) is 18.2 Å². The smallest absolute Gasteiger partial charge is 0.409 e. The van der Waals surface area contributed by atoms with E-state index in [9.17, 15) is 9.59 Å². The minimum atomic E-state index is -0.362. The van der Waals surface area contributed by atoms with Crippen molar-refractivity contribution in [3.05, 3.63) is 36.8 Å². The normalized spacial score (nSPS) is 17.2. The van der Waals surface area contributed by atoms with E-state index in [1.165, 1.54) is 0 Å². The van der Waals surface area contributed by atoms with Gasteiger partial charge in [-0.05, 0) is 38.0 Å². The first-order valence-corrected chi connectivity index (χ1v) is 8.36. The molecule has 0 bridgehead atoms. The van der Waals surface area contributed by atoms with Crippen LogP contribution < -0.4 is 5.32 Å². The van der Waals surface area contributed by atoms with Crippen LogP contribution in [0, 0.1) is 5.92 Å². The number of rotatable bonds is 4. The third kappa shape index (κ3) is 3.96. The minimum Gasteiger partial charge on any atom is -0.450 e. The highest BCUT2D eigenvalue weighted by Gasteiger charge is 2.29. The molecule has 1 N–H and O–H groups in total. The number of hydrogen-bond acceptors (Lipinski definition) is 5. The van der Waals surface area contributed by atoms with Crippen LogP contribution in [0.1, 0.15) is 19.8 Å². The fraction of sp³-hybridized carbons (Fsp3) is 0.412. The molecule has 2 aromatic heterocycles. The molecular formula is C17H21N5O3. The second kappa shape index (κ2) is 7.78. The maximum Gasteiger partial charge on any atom is 0.409 e. The highest BCUT2D eigenvalue weighted by atomic mass is 16.6. The van der Waals surface area contributed by atoms with Gasteiger partial charge in [0.15, 0.2) is 5.82 Å². The number of carbonyl (C=O) groups is 2. The zero-order valence-corrected chi connectivity index (χ0v) is 14.1. The van der Waals surface area contributed by atoms with E-state index in [0.29, 0.717) is 31.2 Å². The quantitative estimate of drug-likeness (QED) is 0.918. The van der Waals surface area contributed by atoms with Crippen molar-refractivity contribution in [3.8, 4) is 5.82 Å². The Morgan fingerprint density at radius 1 is 1.36 bits per heavy atom. The van der Waals surface area contributed by atoms with E-state index >= 15 is 0 Å². The molecule has 0 unspecified atom stereocenters. The number of amides is 2. The van der Waals surface area contributed by atoms with E-state index in [0.717, 1.165) is 12.8 Å². The predicted molar refractivity (Wildman–Crippen MR) is 91.3 cm³/mol. The van der Waals surface area contributed by atoms with E-state index in [2.05, 4.69) is 15.4 Å². The van der Waals surface area contributed by atoms with Crippen LogP contribution in [0.2, 0.25) is 0 Å². The SMILES string of the molecule is CCOC(=O)N1CCC[C@H](C(=O)Nc2cccnc2-n2cccn2)C1. The summed E-state index contributed by atoms with van der Waals surface area (Å²) in [6.07, 6.45) is 6.21. The molecule has 132 valence electrons. The Bertz CT molecular complexity index is 732. The molecule has 1 aliphatic rings. The number of pyridine rings is 1. The van der Waals surface area contributed by atoms with Gasteiger partial charge in [-0.1, -0.05) is 0 Å². The molecule has 1 fully saturated rings. The molecule has 1 aliphatic heterocycles. The van der Waals surface area contributed by atoms with Gasteiger partial charge >= 0.3 is 6.09 Å². The van der Waals surface area contributed by atoms with Gasteiger partial charge in [-0.2, -0.15) is 5.10 Å². The maximum absolute atomic E-state index is 12.7. The minimum absolute atomic E-state index is 0.129. The van der Waals surface area contributed by atoms with E-state index < -0.39 is 0 Å². The maximum atomic E-state index is 12.7. The Labute approximate surface area is 145 Å². The van der Waals surface area contributed by atoms with E-state index in [4.69, 9.17) is 4.74 Å². The molecule has 1 atom stereocenters. The molecule has 2 aromatic rings. The molecule has 0 spiro atoms. The summed E-state index contributed by atoms with van der Waals surface area (Å²) >= 11 is 0. The van der Waals surface area contributed by atoms with Crippen LogP contribution in [0.15, 0.2) is 36.8 Å². The molecule has 1 saturated heterocycles. The topological polar surface area (TPSA) is 89.4 Å². The van der Waals surface area contributed by atoms with Gasteiger partial charge in [-0.25, -0.2) is 14.5 Å². The number of anilines is 1. The molecule has 0 aliphatic carbocycles. The van der Waals surface area contributed by atoms with Crippen LogP contribution in [0.25, 0.3) is 5.82 Å². The molecule has 2 amide bonds. The summed E-state index contributed by atoms with van der Waals surface area (Å²) in [5, 5.41) is 7.08. The van der Waals surface area contributed by atoms with Gasteiger partial charge in [0.1, 0.15) is 0 Å². The van der Waals surface area contributed by atoms with Crippen molar-refractivity contribution < 1.29 is 14.3 Å². The molecule has 3 heterocycles. The van der Waals surface area contributed by atoms with Crippen molar-refractivity contribution in [1.82, 2.24) is 19.7 Å². The highest BCUT2D eigenvalue weighted by Crippen LogP contribution is 2.21. The number of nitrogens with zero attached hydrogens (tertiary/aromatic N) is 4. The van der Waals surface area contributed by atoms with Crippen LogP contribution in [-0.2, 0) is 9.53 Å². The standard InChI is InChI=1S/C17H21N5O3/c1-2-25-17(24)21-10-4-6-13(12-21)16(23)20-14-7-3-8-18-15(14)22-11-5-9-19-22/h3,5,7-9,11,13H,2,4,6,10,12H2,1H3,(H,20,23)/t13-/m0/s1. The summed E-state index contributed by atoms with van der Waals surface area (Å²) in [6.45, 7) is 3.08. The first-order valence-electron chi connectivity index (χ1n) is 8.36. The molecule has 0 aromatic carbocycles. The average molecular weight is 343 g/mol. The van der Waals surface area contributed by atoms with Crippen LogP contribution in [0.3, 0.4) is 0 Å². The van der Waals surface area contributed by atoms with Gasteiger partial charge in [0, 0.05) is 31.7 Å². The number of hydrogen-bond donors (Lipinski definition) is 1. The summed E-state index contributed by atoms with van der Waals surface area (Å²) < 4.78 is 6.63. The van der Waals surface area contributed by atoms with Crippen LogP contribution in [-0.4, -0.2) is 51.4 Å². The molecule has 0 saturated carbocycles. The second-order valence-electron chi connectivity index (χ2n) is 5.80. The van der Waals surface area contributed by atoms with Crippen molar-refractivity contribution in [2.45, 2.75) is 19.8 Å². The first-order chi connectivity index (χ1) is 12.2. The summed E-state index contributed by atoms with van der Waals surface area (Å²) in [7, 11) is 0. The second-order valence-corrected chi connectivity index (χ2v) is 5.80. The molecule has 8 nitrogen and oxygen atoms in total. The Morgan fingerprint density at radius 2 is 2.24 bits per heavy atom. The zero-order valence-electron chi connectivity index (χ0n) is 14.1. The zero-order chi connectivity index (χ0) is 17.6. The van der Waals surface area contributed by atoms with Gasteiger partial charge in [-0.15, -0.1) is 0 Å². The lowest BCUT2D eigenvalue weighted by atomic mass is 9.97. The Hall–Kier alpha value is -2.90. The van der Waals surface area contributed by atoms with Gasteiger partial charge < -0.3 is 15.0 Å². The molecule has 3 rings (SSSR count). The molecular weight excluding hydrogens is 322 g/mol. The Balaban J connectivity index is 1.69. The van der Waals surface area contributed by atoms with Crippen molar-refractivity contribution in [3.63, 3.8) is 0 Å². The predicted octanol–water partition coefficient (Wildman–Crippen LogP) is 2.07. The van der Waals surface area contributed by atoms with Crippen molar-refractivity contribution in [1.29, 1.82) is 0 Å². The fourth-order valence-electron chi connectivity index (χ4n) is 2.88. The lowest BCUT2D eigenvalue weighted by Crippen LogP contribution is -2.44. The first kappa shape index (κ1) is 16.9. The molecule has 25 heavy (non-hydrogen) atoms. The summed E-state index contributed by atoms with van der Waals surface area (Å²) in [5.41, 5.74) is 0.587. The number of carbonyl (C=O) groups excluding carboxylic acids is 2. The van der Waals surface area contributed by atoms with E-state index in [1.54, 1.807) is 53.3 Å². The monoisotopic (exact) mass is 343 g/mol. The van der Waals surface area contributed by atoms with E-state index in [-0.39, 0.29) is 17.9 Å². The summed E-state index contributed by atoms with van der Waals surface area (Å²) in [5.74, 6) is 0.151. The van der Waals surface area contributed by atoms with Gasteiger partial charge in [0.2, 0.25) is 5.91 Å². The number of aromatic nitrogens is 3. The number of ether oxygens (including phenoxy) is 1. The van der Waals surface area contributed by atoms with Crippen molar-refractivity contribution >= 4 is 17.7 Å². The third-order valence-corrected chi connectivity index (χ3v) is 4.08. The lowest BCUT2D eigenvalue weighted by molar-refractivity contribution is -0.121. The van der Waals surface area contributed by atoms with Crippen LogP contribution in [0.4, 0.5) is 10.5 Å². The van der Waals surface area contributed by atoms with Gasteiger partial charge in [-0.3, -0.25) is 4.79 Å². The number of likely N-dealkylation sites (tertiary alicyclic amines) is 1. The molecule has 8 heteroatoms. The lowest BCUT2D eigenvalue weighted by Gasteiger charge is -2.31. The van der Waals surface area contributed by atoms with Crippen LogP contribution in [0.5, 0.6) is 0 Å². The summed E-state index contributed by atoms with van der Waals surface area (Å²) in [6, 6.07) is 5.33. The Kier molecular flexibility index (Phi) is 5.27. The van der Waals surface area contributed by atoms with Crippen molar-refractivity contribution in [2.75, 3.05) is 25.0 Å². The van der Waals surface area contributed by atoms with Crippen molar-refractivity contribution in [2.24, 2.45) is 5.92 Å². The number of piperidine rings is 1. The molecule has 0 radical (unpaired) electrons. The van der Waals surface area contributed by atoms with Gasteiger partial charge in [0.25, 0.3) is 0 Å². The summed E-state index contributed by atoms with van der Waals surface area (Å²) in [4.78, 5) is 30.4. The highest BCUT2D eigenvalue weighted by molar-refractivity contribution is 5.94. The largest absolute Gasteiger partial charge is 0.450 e. The third-order valence-electron chi connectivity index (χ3n) is 4.08.